The van der Waals surface area contributed by atoms with Crippen molar-refractivity contribution < 1.29 is 9.59 Å². The molecule has 0 saturated carbocycles. The van der Waals surface area contributed by atoms with Crippen LogP contribution in [0.15, 0.2) is 24.3 Å². The Kier molecular flexibility index (Phi) is 8.06. The molecule has 0 bridgehead atoms. The van der Waals surface area contributed by atoms with Crippen LogP contribution in [-0.4, -0.2) is 36.9 Å². The number of nitrogens with zero attached hydrogens (tertiary/aromatic N) is 1. The van der Waals surface area contributed by atoms with E-state index in [1.165, 1.54) is 0 Å². The van der Waals surface area contributed by atoms with Gasteiger partial charge in [-0.2, -0.15) is 0 Å². The van der Waals surface area contributed by atoms with Gasteiger partial charge in [0, 0.05) is 38.5 Å². The first kappa shape index (κ1) is 19.5. The molecule has 2 amide bonds. The number of halogens is 1. The van der Waals surface area contributed by atoms with Gasteiger partial charge in [-0.05, 0) is 24.6 Å². The molecule has 23 heavy (non-hydrogen) atoms. The van der Waals surface area contributed by atoms with Crippen LogP contribution in [0.5, 0.6) is 0 Å². The number of amides is 2. The third-order valence-corrected chi connectivity index (χ3v) is 3.99. The van der Waals surface area contributed by atoms with Crippen molar-refractivity contribution >= 4 is 24.2 Å². The highest BCUT2D eigenvalue weighted by atomic mass is 35.5. The van der Waals surface area contributed by atoms with Gasteiger partial charge in [-0.1, -0.05) is 31.2 Å². The predicted octanol–water partition coefficient (Wildman–Crippen LogP) is 1.70. The highest BCUT2D eigenvalue weighted by Crippen LogP contribution is 2.14. The minimum Gasteiger partial charge on any atom is -0.352 e. The van der Waals surface area contributed by atoms with Crippen LogP contribution in [0.4, 0.5) is 0 Å². The average molecular weight is 340 g/mol. The summed E-state index contributed by atoms with van der Waals surface area (Å²) >= 11 is 0. The summed E-state index contributed by atoms with van der Waals surface area (Å²) in [6.45, 7) is 4.66. The van der Waals surface area contributed by atoms with Crippen molar-refractivity contribution in [2.24, 2.45) is 5.92 Å². The van der Waals surface area contributed by atoms with E-state index in [9.17, 15) is 9.59 Å². The van der Waals surface area contributed by atoms with Gasteiger partial charge in [-0.15, -0.1) is 12.4 Å². The smallest absolute Gasteiger partial charge is 0.224 e. The standard InChI is InChI=1S/C17H25N3O2.ClH/c1-13(10-18-2)17(22)19-11-14-5-7-15(8-6-14)12-20-9-3-4-16(20)21;/h5-8,13,18H,3-4,9-12H2,1-2H3,(H,19,22);1H. The molecule has 1 aromatic rings. The maximum Gasteiger partial charge on any atom is 0.224 e. The van der Waals surface area contributed by atoms with E-state index in [0.29, 0.717) is 26.1 Å². The lowest BCUT2D eigenvalue weighted by Gasteiger charge is -2.16. The van der Waals surface area contributed by atoms with Crippen molar-refractivity contribution in [2.75, 3.05) is 20.1 Å². The zero-order chi connectivity index (χ0) is 15.9. The number of carbonyl (C=O) groups excluding carboxylic acids is 2. The maximum absolute atomic E-state index is 11.8. The monoisotopic (exact) mass is 339 g/mol. The molecule has 1 saturated heterocycles. The summed E-state index contributed by atoms with van der Waals surface area (Å²) in [5.41, 5.74) is 2.20. The molecule has 1 fully saturated rings. The minimum atomic E-state index is -0.0366. The highest BCUT2D eigenvalue weighted by Gasteiger charge is 2.19. The number of rotatable bonds is 7. The van der Waals surface area contributed by atoms with Crippen molar-refractivity contribution in [1.82, 2.24) is 15.5 Å². The highest BCUT2D eigenvalue weighted by molar-refractivity contribution is 5.85. The molecule has 5 nitrogen and oxygen atoms in total. The Morgan fingerprint density at radius 2 is 1.91 bits per heavy atom. The Morgan fingerprint density at radius 1 is 1.26 bits per heavy atom. The molecule has 0 radical (unpaired) electrons. The van der Waals surface area contributed by atoms with E-state index in [4.69, 9.17) is 0 Å². The first-order chi connectivity index (χ1) is 10.6. The van der Waals surface area contributed by atoms with Crippen LogP contribution in [0.2, 0.25) is 0 Å². The fourth-order valence-corrected chi connectivity index (χ4v) is 2.62. The van der Waals surface area contributed by atoms with E-state index in [1.54, 1.807) is 0 Å². The maximum atomic E-state index is 11.8. The largest absolute Gasteiger partial charge is 0.352 e. The Hall–Kier alpha value is -1.59. The van der Waals surface area contributed by atoms with Gasteiger partial charge < -0.3 is 15.5 Å². The van der Waals surface area contributed by atoms with Crippen LogP contribution in [0.1, 0.15) is 30.9 Å². The normalized spacial score (nSPS) is 15.2. The van der Waals surface area contributed by atoms with Gasteiger partial charge >= 0.3 is 0 Å². The van der Waals surface area contributed by atoms with Gasteiger partial charge in [0.25, 0.3) is 0 Å². The van der Waals surface area contributed by atoms with E-state index < -0.39 is 0 Å². The Morgan fingerprint density at radius 3 is 2.48 bits per heavy atom. The van der Waals surface area contributed by atoms with Gasteiger partial charge in [-0.25, -0.2) is 0 Å². The number of benzene rings is 1. The molecule has 6 heteroatoms. The van der Waals surface area contributed by atoms with Crippen LogP contribution in [0.3, 0.4) is 0 Å². The fraction of sp³-hybridized carbons (Fsp3) is 0.529. The SMILES string of the molecule is CNCC(C)C(=O)NCc1ccc(CN2CCCC2=O)cc1.Cl. The number of nitrogens with one attached hydrogen (secondary N) is 2. The van der Waals surface area contributed by atoms with Gasteiger partial charge in [0.1, 0.15) is 0 Å². The molecule has 1 unspecified atom stereocenters. The summed E-state index contributed by atoms with van der Waals surface area (Å²) in [5.74, 6) is 0.265. The lowest BCUT2D eigenvalue weighted by Crippen LogP contribution is -2.33. The van der Waals surface area contributed by atoms with E-state index in [-0.39, 0.29) is 30.1 Å². The third-order valence-electron chi connectivity index (χ3n) is 3.99. The molecule has 1 aromatic carbocycles. The molecule has 0 aliphatic carbocycles. The zero-order valence-electron chi connectivity index (χ0n) is 13.8. The van der Waals surface area contributed by atoms with Gasteiger partial charge in [-0.3, -0.25) is 9.59 Å². The molecular formula is C17H26ClN3O2. The van der Waals surface area contributed by atoms with Crippen LogP contribution < -0.4 is 10.6 Å². The van der Waals surface area contributed by atoms with Crippen LogP contribution in [0, 0.1) is 5.92 Å². The van der Waals surface area contributed by atoms with Gasteiger partial charge in [0.05, 0.1) is 0 Å². The summed E-state index contributed by atoms with van der Waals surface area (Å²) in [7, 11) is 1.84. The Balaban J connectivity index is 0.00000264. The molecule has 128 valence electrons. The molecule has 1 aliphatic rings. The average Bonchev–Trinajstić information content (AvgIpc) is 2.91. The van der Waals surface area contributed by atoms with Crippen LogP contribution in [0.25, 0.3) is 0 Å². The number of hydrogen-bond donors (Lipinski definition) is 2. The van der Waals surface area contributed by atoms with Crippen molar-refractivity contribution in [2.45, 2.75) is 32.9 Å². The van der Waals surface area contributed by atoms with Crippen molar-refractivity contribution in [3.05, 3.63) is 35.4 Å². The number of likely N-dealkylation sites (tertiary alicyclic amines) is 1. The third kappa shape index (κ3) is 5.84. The van der Waals surface area contributed by atoms with E-state index >= 15 is 0 Å². The molecule has 1 aliphatic heterocycles. The quantitative estimate of drug-likeness (QED) is 0.795. The lowest BCUT2D eigenvalue weighted by molar-refractivity contribution is -0.128. The topological polar surface area (TPSA) is 61.4 Å². The molecule has 0 aromatic heterocycles. The molecule has 2 N–H and O–H groups in total. The second-order valence-corrected chi connectivity index (χ2v) is 5.91. The first-order valence-electron chi connectivity index (χ1n) is 7.88. The number of hydrogen-bond acceptors (Lipinski definition) is 3. The van der Waals surface area contributed by atoms with Crippen molar-refractivity contribution in [3.63, 3.8) is 0 Å². The summed E-state index contributed by atoms with van der Waals surface area (Å²) in [5, 5.41) is 5.94. The Labute approximate surface area is 144 Å². The van der Waals surface area contributed by atoms with Crippen LogP contribution >= 0.6 is 12.4 Å². The molecule has 1 atom stereocenters. The predicted molar refractivity (Wildman–Crippen MR) is 93.3 cm³/mol. The fourth-order valence-electron chi connectivity index (χ4n) is 2.62. The molecule has 1 heterocycles. The van der Waals surface area contributed by atoms with E-state index in [0.717, 1.165) is 24.1 Å². The molecular weight excluding hydrogens is 314 g/mol. The lowest BCUT2D eigenvalue weighted by atomic mass is 10.1. The molecule has 2 rings (SSSR count). The van der Waals surface area contributed by atoms with Crippen molar-refractivity contribution in [1.29, 1.82) is 0 Å². The first-order valence-corrected chi connectivity index (χ1v) is 7.88. The van der Waals surface area contributed by atoms with Crippen LogP contribution in [-0.2, 0) is 22.7 Å². The second-order valence-electron chi connectivity index (χ2n) is 5.91. The molecule has 0 spiro atoms. The summed E-state index contributed by atoms with van der Waals surface area (Å²) < 4.78 is 0. The van der Waals surface area contributed by atoms with Gasteiger partial charge in [0.15, 0.2) is 0 Å². The van der Waals surface area contributed by atoms with Crippen molar-refractivity contribution in [3.8, 4) is 0 Å². The summed E-state index contributed by atoms with van der Waals surface area (Å²) in [6, 6.07) is 8.09. The minimum absolute atomic E-state index is 0. The summed E-state index contributed by atoms with van der Waals surface area (Å²) in [6.07, 6.45) is 1.64. The zero-order valence-corrected chi connectivity index (χ0v) is 14.6. The number of carbonyl (C=O) groups is 2. The van der Waals surface area contributed by atoms with E-state index in [1.807, 2.05) is 43.1 Å². The second kappa shape index (κ2) is 9.53. The van der Waals surface area contributed by atoms with Gasteiger partial charge in [0.2, 0.25) is 11.8 Å². The summed E-state index contributed by atoms with van der Waals surface area (Å²) in [4.78, 5) is 25.4. The van der Waals surface area contributed by atoms with E-state index in [2.05, 4.69) is 10.6 Å². The Bertz CT molecular complexity index is 519.